The van der Waals surface area contributed by atoms with Crippen LogP contribution in [0.3, 0.4) is 0 Å². The molecule has 1 aliphatic rings. The Morgan fingerprint density at radius 3 is 1.65 bits per heavy atom. The molecule has 0 spiro atoms. The van der Waals surface area contributed by atoms with Crippen LogP contribution < -0.4 is 4.90 Å². The molecule has 0 radical (unpaired) electrons. The topological polar surface area (TPSA) is 16.4 Å². The number of hydrogen-bond donors (Lipinski definition) is 0. The zero-order valence-corrected chi connectivity index (χ0v) is 27.9. The molecule has 0 fully saturated rings. The van der Waals surface area contributed by atoms with E-state index >= 15 is 0 Å². The first-order valence-electron chi connectivity index (χ1n) is 17.5. The minimum Gasteiger partial charge on any atom is -0.456 e. The van der Waals surface area contributed by atoms with Crippen molar-refractivity contribution >= 4 is 39.0 Å². The van der Waals surface area contributed by atoms with Gasteiger partial charge in [-0.25, -0.2) is 0 Å². The Kier molecular flexibility index (Phi) is 6.75. The molecule has 8 aromatic carbocycles. The highest BCUT2D eigenvalue weighted by molar-refractivity contribution is 6.08. The van der Waals surface area contributed by atoms with Crippen LogP contribution in [0.2, 0.25) is 0 Å². The van der Waals surface area contributed by atoms with Gasteiger partial charge in [-0.1, -0.05) is 158 Å². The molecule has 1 heterocycles. The zero-order valence-electron chi connectivity index (χ0n) is 27.9. The van der Waals surface area contributed by atoms with E-state index in [1.54, 1.807) is 0 Å². The van der Waals surface area contributed by atoms with Crippen molar-refractivity contribution in [2.24, 2.45) is 0 Å². The van der Waals surface area contributed by atoms with E-state index in [4.69, 9.17) is 4.42 Å². The number of benzene rings is 8. The average Bonchev–Trinajstić information content (AvgIpc) is 3.73. The van der Waals surface area contributed by atoms with Crippen LogP contribution in [0.5, 0.6) is 0 Å². The molecule has 0 amide bonds. The quantitative estimate of drug-likeness (QED) is 0.178. The summed E-state index contributed by atoms with van der Waals surface area (Å²) >= 11 is 0. The van der Waals surface area contributed by atoms with E-state index < -0.39 is 5.41 Å². The van der Waals surface area contributed by atoms with Crippen molar-refractivity contribution in [3.05, 3.63) is 222 Å². The molecule has 0 N–H and O–H groups in total. The Morgan fingerprint density at radius 1 is 0.373 bits per heavy atom. The lowest BCUT2D eigenvalue weighted by Gasteiger charge is -2.33. The maximum absolute atomic E-state index is 7.10. The summed E-state index contributed by atoms with van der Waals surface area (Å²) in [5, 5.41) is 2.22. The molecule has 0 bridgehead atoms. The molecule has 0 saturated carbocycles. The third kappa shape index (κ3) is 4.50. The zero-order chi connectivity index (χ0) is 33.8. The molecule has 0 unspecified atom stereocenters. The van der Waals surface area contributed by atoms with Gasteiger partial charge >= 0.3 is 0 Å². The molecule has 0 aliphatic heterocycles. The van der Waals surface area contributed by atoms with Gasteiger partial charge in [-0.3, -0.25) is 0 Å². The lowest BCUT2D eigenvalue weighted by atomic mass is 9.67. The molecular weight excluding hydrogens is 619 g/mol. The molecule has 9 aromatic rings. The highest BCUT2D eigenvalue weighted by Gasteiger charge is 2.47. The molecule has 1 aliphatic carbocycles. The van der Waals surface area contributed by atoms with Crippen molar-refractivity contribution in [2.45, 2.75) is 5.41 Å². The van der Waals surface area contributed by atoms with Gasteiger partial charge in [0.05, 0.1) is 5.41 Å². The first-order chi connectivity index (χ1) is 25.3. The summed E-state index contributed by atoms with van der Waals surface area (Å²) in [6.45, 7) is 0. The van der Waals surface area contributed by atoms with Crippen molar-refractivity contribution in [3.63, 3.8) is 0 Å². The Morgan fingerprint density at radius 2 is 0.922 bits per heavy atom. The Hall–Kier alpha value is -6.64. The molecular formula is C49H33NO. The lowest BCUT2D eigenvalue weighted by Crippen LogP contribution is -2.28. The molecule has 2 nitrogen and oxygen atoms in total. The first-order valence-corrected chi connectivity index (χ1v) is 17.5. The van der Waals surface area contributed by atoms with Crippen LogP contribution in [0.25, 0.3) is 44.2 Å². The summed E-state index contributed by atoms with van der Waals surface area (Å²) in [6.07, 6.45) is 0. The predicted molar refractivity (Wildman–Crippen MR) is 211 cm³/mol. The second-order valence-corrected chi connectivity index (χ2v) is 13.3. The van der Waals surface area contributed by atoms with Crippen LogP contribution in [-0.4, -0.2) is 0 Å². The molecule has 10 rings (SSSR count). The minimum absolute atomic E-state index is 0.543. The normalized spacial score (nSPS) is 12.9. The van der Waals surface area contributed by atoms with E-state index in [-0.39, 0.29) is 0 Å². The van der Waals surface area contributed by atoms with Crippen molar-refractivity contribution in [1.29, 1.82) is 0 Å². The number of furan rings is 1. The molecule has 1 aromatic heterocycles. The molecule has 51 heavy (non-hydrogen) atoms. The second kappa shape index (κ2) is 11.8. The highest BCUT2D eigenvalue weighted by atomic mass is 16.3. The molecule has 0 saturated heterocycles. The van der Waals surface area contributed by atoms with E-state index in [9.17, 15) is 0 Å². The summed E-state index contributed by atoms with van der Waals surface area (Å²) < 4.78 is 7.10. The van der Waals surface area contributed by atoms with Gasteiger partial charge in [0.25, 0.3) is 0 Å². The van der Waals surface area contributed by atoms with Gasteiger partial charge < -0.3 is 9.32 Å². The van der Waals surface area contributed by atoms with Gasteiger partial charge in [-0.15, -0.1) is 0 Å². The predicted octanol–water partition coefficient (Wildman–Crippen LogP) is 13.1. The van der Waals surface area contributed by atoms with Crippen LogP contribution >= 0.6 is 0 Å². The van der Waals surface area contributed by atoms with Gasteiger partial charge in [-0.2, -0.15) is 0 Å². The SMILES string of the molecule is c1ccc(-c2cccc(N(c3ccccc3)c3ccc4c(c3)oc3c(C5(c6ccccc6)c6ccccc6-c6ccccc65)cccc34)c2)cc1. The summed E-state index contributed by atoms with van der Waals surface area (Å²) in [4.78, 5) is 2.31. The molecule has 240 valence electrons. The van der Waals surface area contributed by atoms with Crippen LogP contribution in [-0.2, 0) is 5.41 Å². The van der Waals surface area contributed by atoms with E-state index in [2.05, 4.69) is 205 Å². The van der Waals surface area contributed by atoms with E-state index in [0.717, 1.165) is 44.6 Å². The maximum atomic E-state index is 7.10. The Bertz CT molecular complexity index is 2650. The van der Waals surface area contributed by atoms with Crippen LogP contribution in [0, 0.1) is 0 Å². The number of nitrogens with zero attached hydrogens (tertiary/aromatic N) is 1. The third-order valence-electron chi connectivity index (χ3n) is 10.5. The Balaban J connectivity index is 1.20. The van der Waals surface area contributed by atoms with Crippen molar-refractivity contribution in [1.82, 2.24) is 0 Å². The molecule has 0 atom stereocenters. The van der Waals surface area contributed by atoms with Gasteiger partial charge in [0.15, 0.2) is 0 Å². The van der Waals surface area contributed by atoms with Crippen LogP contribution in [0.4, 0.5) is 17.1 Å². The first kappa shape index (κ1) is 29.3. The van der Waals surface area contributed by atoms with Gasteiger partial charge in [0.2, 0.25) is 0 Å². The molecule has 2 heteroatoms. The Labute approximate surface area is 297 Å². The second-order valence-electron chi connectivity index (χ2n) is 13.3. The minimum atomic E-state index is -0.543. The lowest BCUT2D eigenvalue weighted by molar-refractivity contribution is 0.648. The van der Waals surface area contributed by atoms with Gasteiger partial charge in [0, 0.05) is 39.5 Å². The third-order valence-corrected chi connectivity index (χ3v) is 10.5. The van der Waals surface area contributed by atoms with Crippen molar-refractivity contribution in [3.8, 4) is 22.3 Å². The number of fused-ring (bicyclic) bond motifs is 6. The summed E-state index contributed by atoms with van der Waals surface area (Å²) in [6, 6.07) is 71.9. The van der Waals surface area contributed by atoms with Crippen molar-refractivity contribution < 1.29 is 4.42 Å². The summed E-state index contributed by atoms with van der Waals surface area (Å²) in [5.41, 5.74) is 14.3. The fraction of sp³-hybridized carbons (Fsp3) is 0.0204. The number of para-hydroxylation sites is 2. The van der Waals surface area contributed by atoms with E-state index in [1.165, 1.54) is 38.9 Å². The maximum Gasteiger partial charge on any atom is 0.140 e. The van der Waals surface area contributed by atoms with Crippen LogP contribution in [0.15, 0.2) is 205 Å². The average molecular weight is 652 g/mol. The van der Waals surface area contributed by atoms with Gasteiger partial charge in [-0.05, 0) is 75.3 Å². The van der Waals surface area contributed by atoms with E-state index in [1.807, 2.05) is 0 Å². The summed E-state index contributed by atoms with van der Waals surface area (Å²) in [5.74, 6) is 0. The number of anilines is 3. The smallest absolute Gasteiger partial charge is 0.140 e. The van der Waals surface area contributed by atoms with Crippen molar-refractivity contribution in [2.75, 3.05) is 4.90 Å². The number of rotatable bonds is 6. The summed E-state index contributed by atoms with van der Waals surface area (Å²) in [7, 11) is 0. The fourth-order valence-electron chi connectivity index (χ4n) is 8.38. The fourth-order valence-corrected chi connectivity index (χ4v) is 8.38. The van der Waals surface area contributed by atoms with Gasteiger partial charge in [0.1, 0.15) is 11.2 Å². The highest BCUT2D eigenvalue weighted by Crippen LogP contribution is 2.57. The monoisotopic (exact) mass is 651 g/mol. The van der Waals surface area contributed by atoms with Crippen LogP contribution in [0.1, 0.15) is 22.3 Å². The largest absolute Gasteiger partial charge is 0.456 e. The standard InChI is InChI=1S/C49H33NO/c1-4-16-34(17-5-1)35-18-14-23-38(32-35)50(37-21-8-3-9-22-37)39-30-31-42-43-26-15-29-46(48(43)51-47(42)33-39)49(36-19-6-2-7-20-36)44-27-12-10-24-40(44)41-25-11-13-28-45(41)49/h1-33H. The number of hydrogen-bond acceptors (Lipinski definition) is 2. The van der Waals surface area contributed by atoms with E-state index in [0.29, 0.717) is 0 Å².